The maximum absolute atomic E-state index is 4.69. The van der Waals surface area contributed by atoms with Gasteiger partial charge in [0.2, 0.25) is 0 Å². The quantitative estimate of drug-likeness (QED) is 0.776. The van der Waals surface area contributed by atoms with Crippen LogP contribution in [0.3, 0.4) is 0 Å². The maximum Gasteiger partial charge on any atom is 0.0638 e. The lowest BCUT2D eigenvalue weighted by atomic mass is 10.2. The van der Waals surface area contributed by atoms with Gasteiger partial charge in [0.15, 0.2) is 0 Å². The maximum atomic E-state index is 4.69. The van der Waals surface area contributed by atoms with Crippen molar-refractivity contribution >= 4 is 24.8 Å². The average Bonchev–Trinajstić information content (AvgIpc) is 2.98. The minimum Gasteiger partial charge on any atom is -0.312 e. The number of aromatic nitrogens is 2. The Kier molecular flexibility index (Phi) is 10.3. The lowest BCUT2D eigenvalue weighted by Gasteiger charge is -2.09. The molecule has 1 aromatic rings. The first-order valence-corrected chi connectivity index (χ1v) is 7.57. The summed E-state index contributed by atoms with van der Waals surface area (Å²) in [7, 11) is 4.24. The average molecular weight is 337 g/mol. The smallest absolute Gasteiger partial charge is 0.0638 e. The highest BCUT2D eigenvalue weighted by molar-refractivity contribution is 5.85. The minimum absolute atomic E-state index is 0. The van der Waals surface area contributed by atoms with Gasteiger partial charge in [0.05, 0.1) is 11.7 Å². The molecule has 1 N–H and O–H groups in total. The number of aryl methyl sites for hydroxylation is 1. The van der Waals surface area contributed by atoms with Crippen LogP contribution in [0.5, 0.6) is 0 Å². The van der Waals surface area contributed by atoms with Crippen LogP contribution in [0.25, 0.3) is 0 Å². The van der Waals surface area contributed by atoms with Crippen molar-refractivity contribution in [3.8, 4) is 0 Å². The number of nitrogens with zero attached hydrogens (tertiary/aromatic N) is 3. The Morgan fingerprint density at radius 2 is 1.95 bits per heavy atom. The first-order valence-electron chi connectivity index (χ1n) is 7.57. The standard InChI is InChI=1S/C15H28N4.2ClH/c1-13-14(11-16-9-6-10-18(2)3)12-19(17-13)15-7-4-5-8-15;;/h12,15-16H,4-11H2,1-3H3;2*1H. The van der Waals surface area contributed by atoms with Crippen LogP contribution in [0.15, 0.2) is 6.20 Å². The molecule has 0 saturated heterocycles. The molecule has 0 atom stereocenters. The topological polar surface area (TPSA) is 33.1 Å². The van der Waals surface area contributed by atoms with Crippen molar-refractivity contribution in [2.45, 2.75) is 51.6 Å². The molecular weight excluding hydrogens is 307 g/mol. The molecule has 0 bridgehead atoms. The Bertz CT molecular complexity index is 387. The molecule has 0 spiro atoms. The second-order valence-corrected chi connectivity index (χ2v) is 5.99. The van der Waals surface area contributed by atoms with Crippen LogP contribution in [0.2, 0.25) is 0 Å². The number of hydrogen-bond donors (Lipinski definition) is 1. The first kappa shape index (κ1) is 20.7. The van der Waals surface area contributed by atoms with Gasteiger partial charge in [0, 0.05) is 18.3 Å². The summed E-state index contributed by atoms with van der Waals surface area (Å²) in [5, 5.41) is 8.21. The van der Waals surface area contributed by atoms with E-state index < -0.39 is 0 Å². The Morgan fingerprint density at radius 3 is 2.57 bits per heavy atom. The van der Waals surface area contributed by atoms with Crippen LogP contribution in [0.1, 0.15) is 49.4 Å². The third-order valence-electron chi connectivity index (χ3n) is 3.99. The fourth-order valence-corrected chi connectivity index (χ4v) is 2.79. The Morgan fingerprint density at radius 1 is 1.29 bits per heavy atom. The van der Waals surface area contributed by atoms with Crippen LogP contribution < -0.4 is 5.32 Å². The van der Waals surface area contributed by atoms with E-state index in [-0.39, 0.29) is 24.8 Å². The van der Waals surface area contributed by atoms with Gasteiger partial charge >= 0.3 is 0 Å². The van der Waals surface area contributed by atoms with Crippen molar-refractivity contribution in [3.63, 3.8) is 0 Å². The third kappa shape index (κ3) is 6.55. The van der Waals surface area contributed by atoms with Gasteiger partial charge in [-0.05, 0) is 53.4 Å². The van der Waals surface area contributed by atoms with E-state index in [9.17, 15) is 0 Å². The number of halogens is 2. The number of rotatable bonds is 7. The summed E-state index contributed by atoms with van der Waals surface area (Å²) in [5.74, 6) is 0. The van der Waals surface area contributed by atoms with E-state index in [1.165, 1.54) is 43.4 Å². The molecule has 1 aliphatic rings. The molecule has 1 saturated carbocycles. The van der Waals surface area contributed by atoms with Crippen LogP contribution in [-0.2, 0) is 6.54 Å². The predicted octanol–water partition coefficient (Wildman–Crippen LogP) is 3.19. The number of nitrogens with one attached hydrogen (secondary N) is 1. The van der Waals surface area contributed by atoms with Gasteiger partial charge in [0.1, 0.15) is 0 Å². The second-order valence-electron chi connectivity index (χ2n) is 5.99. The summed E-state index contributed by atoms with van der Waals surface area (Å²) in [6.07, 6.45) is 8.78. The SMILES string of the molecule is Cc1nn(C2CCCC2)cc1CNCCCN(C)C.Cl.Cl. The summed E-state index contributed by atoms with van der Waals surface area (Å²) in [6, 6.07) is 0.654. The molecule has 1 aliphatic carbocycles. The molecule has 0 radical (unpaired) electrons. The van der Waals surface area contributed by atoms with Gasteiger partial charge in [0.25, 0.3) is 0 Å². The molecule has 124 valence electrons. The van der Waals surface area contributed by atoms with E-state index in [1.54, 1.807) is 0 Å². The van der Waals surface area contributed by atoms with Crippen LogP contribution in [0, 0.1) is 6.92 Å². The number of hydrogen-bond acceptors (Lipinski definition) is 3. The molecule has 0 aromatic carbocycles. The molecule has 1 heterocycles. The zero-order valence-electron chi connectivity index (χ0n) is 13.5. The summed E-state index contributed by atoms with van der Waals surface area (Å²) < 4.78 is 2.21. The highest BCUT2D eigenvalue weighted by Crippen LogP contribution is 2.29. The fourth-order valence-electron chi connectivity index (χ4n) is 2.79. The van der Waals surface area contributed by atoms with E-state index in [1.807, 2.05) is 0 Å². The van der Waals surface area contributed by atoms with Gasteiger partial charge in [-0.3, -0.25) is 4.68 Å². The van der Waals surface area contributed by atoms with Crippen LogP contribution in [-0.4, -0.2) is 41.9 Å². The van der Waals surface area contributed by atoms with Gasteiger partial charge in [-0.1, -0.05) is 12.8 Å². The van der Waals surface area contributed by atoms with Crippen molar-refractivity contribution in [2.24, 2.45) is 0 Å². The highest BCUT2D eigenvalue weighted by Gasteiger charge is 2.18. The molecule has 0 amide bonds. The molecule has 1 fully saturated rings. The van der Waals surface area contributed by atoms with Crippen molar-refractivity contribution in [2.75, 3.05) is 27.2 Å². The fraction of sp³-hybridized carbons (Fsp3) is 0.800. The molecule has 2 rings (SSSR count). The van der Waals surface area contributed by atoms with Crippen LogP contribution >= 0.6 is 24.8 Å². The summed E-state index contributed by atoms with van der Waals surface area (Å²) in [6.45, 7) is 5.30. The van der Waals surface area contributed by atoms with Crippen molar-refractivity contribution in [1.82, 2.24) is 20.0 Å². The van der Waals surface area contributed by atoms with Crippen molar-refractivity contribution < 1.29 is 0 Å². The zero-order chi connectivity index (χ0) is 13.7. The van der Waals surface area contributed by atoms with Gasteiger partial charge in [-0.15, -0.1) is 24.8 Å². The third-order valence-corrected chi connectivity index (χ3v) is 3.99. The van der Waals surface area contributed by atoms with Crippen LogP contribution in [0.4, 0.5) is 0 Å². The molecular formula is C15H30Cl2N4. The Balaban J connectivity index is 0.00000200. The lowest BCUT2D eigenvalue weighted by Crippen LogP contribution is -2.21. The second kappa shape index (κ2) is 10.4. The van der Waals surface area contributed by atoms with E-state index in [2.05, 4.69) is 47.2 Å². The molecule has 1 aromatic heterocycles. The Labute approximate surface area is 141 Å². The first-order chi connectivity index (χ1) is 9.16. The van der Waals surface area contributed by atoms with Crippen molar-refractivity contribution in [3.05, 3.63) is 17.5 Å². The van der Waals surface area contributed by atoms with E-state index in [0.717, 1.165) is 19.6 Å². The predicted molar refractivity (Wildman–Crippen MR) is 93.8 cm³/mol. The largest absolute Gasteiger partial charge is 0.312 e. The van der Waals surface area contributed by atoms with E-state index >= 15 is 0 Å². The normalized spacial score (nSPS) is 15.0. The van der Waals surface area contributed by atoms with Gasteiger partial charge < -0.3 is 10.2 Å². The Hall–Kier alpha value is -0.290. The molecule has 21 heavy (non-hydrogen) atoms. The highest BCUT2D eigenvalue weighted by atomic mass is 35.5. The van der Waals surface area contributed by atoms with E-state index in [4.69, 9.17) is 0 Å². The monoisotopic (exact) mass is 336 g/mol. The van der Waals surface area contributed by atoms with Gasteiger partial charge in [-0.2, -0.15) is 5.10 Å². The summed E-state index contributed by atoms with van der Waals surface area (Å²) in [4.78, 5) is 2.23. The lowest BCUT2D eigenvalue weighted by molar-refractivity contribution is 0.394. The van der Waals surface area contributed by atoms with Crippen molar-refractivity contribution in [1.29, 1.82) is 0 Å². The minimum atomic E-state index is 0. The van der Waals surface area contributed by atoms with E-state index in [0.29, 0.717) is 6.04 Å². The molecule has 4 nitrogen and oxygen atoms in total. The summed E-state index contributed by atoms with van der Waals surface area (Å²) >= 11 is 0. The summed E-state index contributed by atoms with van der Waals surface area (Å²) in [5.41, 5.74) is 2.55. The molecule has 0 aliphatic heterocycles. The molecule has 0 unspecified atom stereocenters. The zero-order valence-corrected chi connectivity index (χ0v) is 15.1. The van der Waals surface area contributed by atoms with Gasteiger partial charge in [-0.25, -0.2) is 0 Å². The molecule has 6 heteroatoms.